The number of hydrogen-bond donors (Lipinski definition) is 2. The summed E-state index contributed by atoms with van der Waals surface area (Å²) in [6, 6.07) is 9.84. The minimum Gasteiger partial charge on any atom is -0.370 e. The van der Waals surface area contributed by atoms with Gasteiger partial charge < -0.3 is 16.0 Å². The van der Waals surface area contributed by atoms with E-state index in [9.17, 15) is 9.59 Å². The van der Waals surface area contributed by atoms with Gasteiger partial charge in [-0.3, -0.25) is 9.59 Å². The summed E-state index contributed by atoms with van der Waals surface area (Å²) in [5.74, 6) is 0.335. The van der Waals surface area contributed by atoms with Crippen molar-refractivity contribution in [3.8, 4) is 0 Å². The van der Waals surface area contributed by atoms with Gasteiger partial charge in [0.05, 0.1) is 0 Å². The van der Waals surface area contributed by atoms with Gasteiger partial charge in [0.15, 0.2) is 0 Å². The topological polar surface area (TPSA) is 75.4 Å². The first-order valence-corrected chi connectivity index (χ1v) is 7.96. The van der Waals surface area contributed by atoms with Gasteiger partial charge in [0, 0.05) is 25.9 Å². The van der Waals surface area contributed by atoms with Gasteiger partial charge >= 0.3 is 0 Å². The number of nitrogens with one attached hydrogen (secondary N) is 1. The molecule has 0 aromatic heterocycles. The molecule has 0 radical (unpaired) electrons. The summed E-state index contributed by atoms with van der Waals surface area (Å²) in [5.41, 5.74) is 6.29. The minimum absolute atomic E-state index is 0.108. The Morgan fingerprint density at radius 3 is 2.64 bits per heavy atom. The SMILES string of the molecule is NC(=O)CCN(Cc1ccccc1)C(=O)CCC1CCNC1. The molecule has 22 heavy (non-hydrogen) atoms. The first kappa shape index (κ1) is 16.5. The molecule has 0 aliphatic carbocycles. The maximum absolute atomic E-state index is 12.5. The Kier molecular flexibility index (Phi) is 6.40. The van der Waals surface area contributed by atoms with Crippen molar-refractivity contribution in [3.63, 3.8) is 0 Å². The van der Waals surface area contributed by atoms with E-state index in [0.29, 0.717) is 25.4 Å². The van der Waals surface area contributed by atoms with Gasteiger partial charge in [0.25, 0.3) is 0 Å². The third kappa shape index (κ3) is 5.48. The molecule has 1 aliphatic rings. The highest BCUT2D eigenvalue weighted by atomic mass is 16.2. The molecule has 1 aromatic carbocycles. The first-order chi connectivity index (χ1) is 10.6. The lowest BCUT2D eigenvalue weighted by Gasteiger charge is -2.23. The van der Waals surface area contributed by atoms with Gasteiger partial charge in [-0.15, -0.1) is 0 Å². The number of benzene rings is 1. The molecular weight excluding hydrogens is 278 g/mol. The van der Waals surface area contributed by atoms with Gasteiger partial charge in [-0.25, -0.2) is 0 Å². The molecular formula is C17H25N3O2. The Bertz CT molecular complexity index is 484. The predicted octanol–water partition coefficient (Wildman–Crippen LogP) is 1.28. The Hall–Kier alpha value is -1.88. The lowest BCUT2D eigenvalue weighted by atomic mass is 10.0. The van der Waals surface area contributed by atoms with Crippen molar-refractivity contribution < 1.29 is 9.59 Å². The van der Waals surface area contributed by atoms with Crippen LogP contribution >= 0.6 is 0 Å². The summed E-state index contributed by atoms with van der Waals surface area (Å²) in [6.45, 7) is 2.99. The van der Waals surface area contributed by atoms with Crippen molar-refractivity contribution in [1.29, 1.82) is 0 Å². The molecule has 2 amide bonds. The highest BCUT2D eigenvalue weighted by Crippen LogP contribution is 2.16. The zero-order valence-corrected chi connectivity index (χ0v) is 13.0. The molecule has 5 heteroatoms. The van der Waals surface area contributed by atoms with E-state index >= 15 is 0 Å². The zero-order valence-electron chi connectivity index (χ0n) is 13.0. The van der Waals surface area contributed by atoms with Crippen molar-refractivity contribution in [2.45, 2.75) is 32.2 Å². The number of primary amides is 1. The van der Waals surface area contributed by atoms with Crippen LogP contribution in [0.4, 0.5) is 0 Å². The van der Waals surface area contributed by atoms with Gasteiger partial charge in [0.2, 0.25) is 11.8 Å². The van der Waals surface area contributed by atoms with E-state index in [-0.39, 0.29) is 18.2 Å². The van der Waals surface area contributed by atoms with Crippen LogP contribution in [0, 0.1) is 5.92 Å². The number of hydrogen-bond acceptors (Lipinski definition) is 3. The van der Waals surface area contributed by atoms with E-state index in [1.54, 1.807) is 4.90 Å². The van der Waals surface area contributed by atoms with Crippen molar-refractivity contribution in [1.82, 2.24) is 10.2 Å². The molecule has 1 aromatic rings. The molecule has 3 N–H and O–H groups in total. The fraction of sp³-hybridized carbons (Fsp3) is 0.529. The van der Waals surface area contributed by atoms with Crippen LogP contribution in [0.1, 0.15) is 31.2 Å². The van der Waals surface area contributed by atoms with Crippen molar-refractivity contribution in [3.05, 3.63) is 35.9 Å². The molecule has 1 aliphatic heterocycles. The Morgan fingerprint density at radius 2 is 2.00 bits per heavy atom. The maximum atomic E-state index is 12.5. The molecule has 5 nitrogen and oxygen atoms in total. The van der Waals surface area contributed by atoms with Crippen LogP contribution in [0.5, 0.6) is 0 Å². The average molecular weight is 303 g/mol. The summed E-state index contributed by atoms with van der Waals surface area (Å²) >= 11 is 0. The minimum atomic E-state index is -0.370. The number of carbonyl (C=O) groups excluding carboxylic acids is 2. The van der Waals surface area contributed by atoms with Crippen LogP contribution in [0.15, 0.2) is 30.3 Å². The monoisotopic (exact) mass is 303 g/mol. The number of rotatable bonds is 8. The number of amides is 2. The second-order valence-corrected chi connectivity index (χ2v) is 5.91. The number of nitrogens with zero attached hydrogens (tertiary/aromatic N) is 1. The van der Waals surface area contributed by atoms with Crippen LogP contribution in [0.3, 0.4) is 0 Å². The van der Waals surface area contributed by atoms with E-state index in [1.165, 1.54) is 0 Å². The summed E-state index contributed by atoms with van der Waals surface area (Å²) < 4.78 is 0. The third-order valence-electron chi connectivity index (χ3n) is 4.13. The Balaban J connectivity index is 1.89. The Morgan fingerprint density at radius 1 is 1.23 bits per heavy atom. The van der Waals surface area contributed by atoms with Crippen LogP contribution < -0.4 is 11.1 Å². The van der Waals surface area contributed by atoms with Gasteiger partial charge in [-0.2, -0.15) is 0 Å². The van der Waals surface area contributed by atoms with Crippen molar-refractivity contribution in [2.24, 2.45) is 11.7 Å². The quantitative estimate of drug-likeness (QED) is 0.759. The highest BCUT2D eigenvalue weighted by Gasteiger charge is 2.19. The highest BCUT2D eigenvalue weighted by molar-refractivity contribution is 5.78. The summed E-state index contributed by atoms with van der Waals surface area (Å²) in [4.78, 5) is 25.2. The Labute approximate surface area is 131 Å². The second-order valence-electron chi connectivity index (χ2n) is 5.91. The van der Waals surface area contributed by atoms with E-state index in [4.69, 9.17) is 5.73 Å². The van der Waals surface area contributed by atoms with Crippen LogP contribution in [-0.2, 0) is 16.1 Å². The molecule has 1 atom stereocenters. The third-order valence-corrected chi connectivity index (χ3v) is 4.13. The fourth-order valence-electron chi connectivity index (χ4n) is 2.79. The van der Waals surface area contributed by atoms with E-state index in [1.807, 2.05) is 30.3 Å². The summed E-state index contributed by atoms with van der Waals surface area (Å²) in [6.07, 6.45) is 2.81. The molecule has 0 bridgehead atoms. The molecule has 1 heterocycles. The standard InChI is InChI=1S/C17H25N3O2/c18-16(21)9-11-20(13-15-4-2-1-3-5-15)17(22)7-6-14-8-10-19-12-14/h1-5,14,19H,6-13H2,(H2,18,21). The molecule has 2 rings (SSSR count). The molecule has 0 saturated carbocycles. The lowest BCUT2D eigenvalue weighted by Crippen LogP contribution is -2.33. The second kappa shape index (κ2) is 8.54. The van der Waals surface area contributed by atoms with Crippen LogP contribution in [0.25, 0.3) is 0 Å². The molecule has 1 unspecified atom stereocenters. The average Bonchev–Trinajstić information content (AvgIpc) is 3.03. The van der Waals surface area contributed by atoms with Crippen molar-refractivity contribution in [2.75, 3.05) is 19.6 Å². The fourth-order valence-corrected chi connectivity index (χ4v) is 2.79. The molecule has 1 fully saturated rings. The van der Waals surface area contributed by atoms with E-state index < -0.39 is 0 Å². The van der Waals surface area contributed by atoms with Crippen LogP contribution in [-0.4, -0.2) is 36.3 Å². The zero-order chi connectivity index (χ0) is 15.8. The van der Waals surface area contributed by atoms with E-state index in [0.717, 1.165) is 31.5 Å². The largest absolute Gasteiger partial charge is 0.370 e. The van der Waals surface area contributed by atoms with Crippen LogP contribution in [0.2, 0.25) is 0 Å². The molecule has 120 valence electrons. The normalized spacial score (nSPS) is 17.4. The smallest absolute Gasteiger partial charge is 0.222 e. The van der Waals surface area contributed by atoms with Gasteiger partial charge in [-0.05, 0) is 37.4 Å². The molecule has 1 saturated heterocycles. The van der Waals surface area contributed by atoms with Gasteiger partial charge in [-0.1, -0.05) is 30.3 Å². The number of nitrogens with two attached hydrogens (primary N) is 1. The van der Waals surface area contributed by atoms with Gasteiger partial charge in [0.1, 0.15) is 0 Å². The summed E-state index contributed by atoms with van der Waals surface area (Å²) in [7, 11) is 0. The molecule has 0 spiro atoms. The number of carbonyl (C=O) groups is 2. The predicted molar refractivity (Wildman–Crippen MR) is 85.9 cm³/mol. The van der Waals surface area contributed by atoms with E-state index in [2.05, 4.69) is 5.32 Å². The lowest BCUT2D eigenvalue weighted by molar-refractivity contribution is -0.132. The summed E-state index contributed by atoms with van der Waals surface area (Å²) in [5, 5.41) is 3.32. The first-order valence-electron chi connectivity index (χ1n) is 7.96. The van der Waals surface area contributed by atoms with Crippen molar-refractivity contribution >= 4 is 11.8 Å². The maximum Gasteiger partial charge on any atom is 0.222 e.